The molecule has 16 heavy (non-hydrogen) atoms. The maximum Gasteiger partial charge on any atom is 0.181 e. The van der Waals surface area contributed by atoms with Crippen molar-refractivity contribution < 1.29 is 18.9 Å². The maximum absolute atomic E-state index is 5.50. The van der Waals surface area contributed by atoms with Crippen LogP contribution in [0.3, 0.4) is 0 Å². The lowest BCUT2D eigenvalue weighted by molar-refractivity contribution is -0.289. The zero-order valence-corrected chi connectivity index (χ0v) is 10.4. The summed E-state index contributed by atoms with van der Waals surface area (Å²) in [6, 6.07) is 0. The molecule has 4 heteroatoms. The van der Waals surface area contributed by atoms with Crippen LogP contribution in [0.4, 0.5) is 0 Å². The summed E-state index contributed by atoms with van der Waals surface area (Å²) >= 11 is 0. The molecule has 0 aliphatic carbocycles. The van der Waals surface area contributed by atoms with E-state index in [9.17, 15) is 0 Å². The summed E-state index contributed by atoms with van der Waals surface area (Å²) in [5.74, 6) is 0. The van der Waals surface area contributed by atoms with Crippen molar-refractivity contribution in [3.05, 3.63) is 0 Å². The van der Waals surface area contributed by atoms with Gasteiger partial charge in [0.25, 0.3) is 0 Å². The molecule has 0 amide bonds. The zero-order valence-electron chi connectivity index (χ0n) is 10.4. The van der Waals surface area contributed by atoms with Crippen LogP contribution in [-0.2, 0) is 18.9 Å². The predicted octanol–water partition coefficient (Wildman–Crippen LogP) is 2.32. The molecule has 96 valence electrons. The van der Waals surface area contributed by atoms with E-state index in [2.05, 4.69) is 13.8 Å². The van der Waals surface area contributed by atoms with Gasteiger partial charge >= 0.3 is 0 Å². The number of rotatable bonds is 8. The van der Waals surface area contributed by atoms with E-state index in [1.165, 1.54) is 0 Å². The van der Waals surface area contributed by atoms with Crippen LogP contribution in [0.25, 0.3) is 0 Å². The van der Waals surface area contributed by atoms with Gasteiger partial charge in [-0.2, -0.15) is 0 Å². The predicted molar refractivity (Wildman–Crippen MR) is 61.2 cm³/mol. The van der Waals surface area contributed by atoms with Crippen molar-refractivity contribution in [1.82, 2.24) is 0 Å². The Morgan fingerprint density at radius 2 is 1.31 bits per heavy atom. The third kappa shape index (κ3) is 5.80. The van der Waals surface area contributed by atoms with Gasteiger partial charge < -0.3 is 18.9 Å². The molecule has 0 spiro atoms. The number of hydrogen-bond donors (Lipinski definition) is 0. The van der Waals surface area contributed by atoms with E-state index in [1.807, 2.05) is 0 Å². The highest BCUT2D eigenvalue weighted by atomic mass is 16.8. The van der Waals surface area contributed by atoms with Crippen LogP contribution in [-0.4, -0.2) is 39.0 Å². The van der Waals surface area contributed by atoms with E-state index >= 15 is 0 Å². The Morgan fingerprint density at radius 3 is 1.62 bits per heavy atom. The SMILES string of the molecule is CCCCO[C@@H]1CO[C@H](OCCCC)CO1. The Kier molecular flexibility index (Phi) is 7.76. The Balaban J connectivity index is 2.00. The van der Waals surface area contributed by atoms with Gasteiger partial charge in [0.2, 0.25) is 0 Å². The van der Waals surface area contributed by atoms with Crippen LogP contribution in [0.5, 0.6) is 0 Å². The molecule has 1 rings (SSSR count). The van der Waals surface area contributed by atoms with Crippen LogP contribution < -0.4 is 0 Å². The van der Waals surface area contributed by atoms with E-state index in [4.69, 9.17) is 18.9 Å². The quantitative estimate of drug-likeness (QED) is 0.602. The third-order valence-corrected chi connectivity index (χ3v) is 2.44. The number of ether oxygens (including phenoxy) is 4. The number of unbranched alkanes of at least 4 members (excludes halogenated alkanes) is 2. The molecule has 2 atom stereocenters. The van der Waals surface area contributed by atoms with E-state index in [-0.39, 0.29) is 12.6 Å². The Morgan fingerprint density at radius 1 is 0.875 bits per heavy atom. The largest absolute Gasteiger partial charge is 0.350 e. The minimum atomic E-state index is -0.211. The molecule has 0 radical (unpaired) electrons. The van der Waals surface area contributed by atoms with Gasteiger partial charge in [-0.1, -0.05) is 26.7 Å². The van der Waals surface area contributed by atoms with Gasteiger partial charge in [-0.05, 0) is 12.8 Å². The van der Waals surface area contributed by atoms with E-state index in [1.54, 1.807) is 0 Å². The molecule has 0 aromatic carbocycles. The molecule has 0 aromatic heterocycles. The highest BCUT2D eigenvalue weighted by Crippen LogP contribution is 2.10. The summed E-state index contributed by atoms with van der Waals surface area (Å²) in [6.45, 7) is 6.71. The molecule has 1 aliphatic rings. The first-order chi connectivity index (χ1) is 7.86. The van der Waals surface area contributed by atoms with Crippen LogP contribution in [0.15, 0.2) is 0 Å². The smallest absolute Gasteiger partial charge is 0.181 e. The highest BCUT2D eigenvalue weighted by Gasteiger charge is 2.22. The lowest BCUT2D eigenvalue weighted by Crippen LogP contribution is -2.38. The van der Waals surface area contributed by atoms with Gasteiger partial charge in [-0.25, -0.2) is 0 Å². The summed E-state index contributed by atoms with van der Waals surface area (Å²) in [5.41, 5.74) is 0. The zero-order chi connectivity index (χ0) is 11.6. The van der Waals surface area contributed by atoms with E-state index < -0.39 is 0 Å². The third-order valence-electron chi connectivity index (χ3n) is 2.44. The monoisotopic (exact) mass is 232 g/mol. The van der Waals surface area contributed by atoms with Gasteiger partial charge in [-0.3, -0.25) is 0 Å². The summed E-state index contributed by atoms with van der Waals surface area (Å²) in [7, 11) is 0. The molecule has 0 saturated carbocycles. The number of hydrogen-bond acceptors (Lipinski definition) is 4. The molecule has 1 heterocycles. The molecule has 0 bridgehead atoms. The van der Waals surface area contributed by atoms with Crippen LogP contribution in [0, 0.1) is 0 Å². The van der Waals surface area contributed by atoms with Crippen molar-refractivity contribution in [1.29, 1.82) is 0 Å². The molecule has 1 fully saturated rings. The van der Waals surface area contributed by atoms with Gasteiger partial charge in [0.15, 0.2) is 12.6 Å². The fourth-order valence-corrected chi connectivity index (χ4v) is 1.38. The van der Waals surface area contributed by atoms with Crippen molar-refractivity contribution in [2.75, 3.05) is 26.4 Å². The van der Waals surface area contributed by atoms with Crippen LogP contribution >= 0.6 is 0 Å². The maximum atomic E-state index is 5.50. The first-order valence-electron chi connectivity index (χ1n) is 6.33. The molecular formula is C12H24O4. The van der Waals surface area contributed by atoms with Crippen molar-refractivity contribution in [2.45, 2.75) is 52.1 Å². The van der Waals surface area contributed by atoms with Gasteiger partial charge in [0, 0.05) is 13.2 Å². The summed E-state index contributed by atoms with van der Waals surface area (Å²) in [5, 5.41) is 0. The summed E-state index contributed by atoms with van der Waals surface area (Å²) < 4.78 is 22.0. The topological polar surface area (TPSA) is 36.9 Å². The Hall–Kier alpha value is -0.160. The van der Waals surface area contributed by atoms with Crippen molar-refractivity contribution >= 4 is 0 Å². The van der Waals surface area contributed by atoms with Crippen molar-refractivity contribution in [2.24, 2.45) is 0 Å². The Labute approximate surface area is 98.2 Å². The Bertz CT molecular complexity index is 137. The summed E-state index contributed by atoms with van der Waals surface area (Å²) in [4.78, 5) is 0. The molecular weight excluding hydrogens is 208 g/mol. The van der Waals surface area contributed by atoms with E-state index in [0.717, 1.165) is 38.9 Å². The second-order valence-electron chi connectivity index (χ2n) is 3.97. The fourth-order valence-electron chi connectivity index (χ4n) is 1.38. The molecule has 0 N–H and O–H groups in total. The lowest BCUT2D eigenvalue weighted by Gasteiger charge is -2.29. The average molecular weight is 232 g/mol. The second kappa shape index (κ2) is 8.93. The van der Waals surface area contributed by atoms with Crippen molar-refractivity contribution in [3.63, 3.8) is 0 Å². The van der Waals surface area contributed by atoms with Crippen molar-refractivity contribution in [3.8, 4) is 0 Å². The molecule has 0 aromatic rings. The first-order valence-corrected chi connectivity index (χ1v) is 6.33. The molecule has 1 saturated heterocycles. The second-order valence-corrected chi connectivity index (χ2v) is 3.97. The standard InChI is InChI=1S/C12H24O4/c1-3-5-7-13-11-9-16-12(10-15-11)14-8-6-4-2/h11-12H,3-10H2,1-2H3/t11-,12-/m0/s1. The van der Waals surface area contributed by atoms with Gasteiger partial charge in [-0.15, -0.1) is 0 Å². The molecule has 0 unspecified atom stereocenters. The minimum Gasteiger partial charge on any atom is -0.350 e. The molecule has 4 nitrogen and oxygen atoms in total. The summed E-state index contributed by atoms with van der Waals surface area (Å²) in [6.07, 6.45) is 3.98. The van der Waals surface area contributed by atoms with E-state index in [0.29, 0.717) is 13.2 Å². The minimum absolute atomic E-state index is 0.211. The first kappa shape index (κ1) is 13.9. The average Bonchev–Trinajstić information content (AvgIpc) is 2.32. The van der Waals surface area contributed by atoms with Crippen LogP contribution in [0.1, 0.15) is 39.5 Å². The normalized spacial score (nSPS) is 25.9. The lowest BCUT2D eigenvalue weighted by atomic mass is 10.4. The van der Waals surface area contributed by atoms with Gasteiger partial charge in [0.05, 0.1) is 0 Å². The highest BCUT2D eigenvalue weighted by molar-refractivity contribution is 4.54. The fraction of sp³-hybridized carbons (Fsp3) is 1.00. The van der Waals surface area contributed by atoms with Crippen LogP contribution in [0.2, 0.25) is 0 Å². The van der Waals surface area contributed by atoms with Gasteiger partial charge in [0.1, 0.15) is 13.2 Å². The molecule has 1 aliphatic heterocycles.